The molecule has 25 heavy (non-hydrogen) atoms. The first-order valence-electron chi connectivity index (χ1n) is 8.10. The van der Waals surface area contributed by atoms with Crippen molar-refractivity contribution in [1.82, 2.24) is 0 Å². The summed E-state index contributed by atoms with van der Waals surface area (Å²) < 4.78 is 30.0. The molecule has 7 nitrogen and oxygen atoms in total. The molecule has 0 aromatic heterocycles. The molecule has 0 aliphatic carbocycles. The largest absolute Gasteiger partial charge is 0.481 e. The lowest BCUT2D eigenvalue weighted by Crippen LogP contribution is -1.94. The Bertz CT molecular complexity index is 583. The third-order valence-corrected chi connectivity index (χ3v) is 5.39. The summed E-state index contributed by atoms with van der Waals surface area (Å²) in [6.45, 7) is 7.88. The molecule has 0 radical (unpaired) electrons. The minimum Gasteiger partial charge on any atom is -0.302 e. The van der Waals surface area contributed by atoms with Gasteiger partial charge in [0.1, 0.15) is 0 Å². The molecule has 1 atom stereocenters. The number of allylic oxidation sites excluding steroid dienone is 5. The second-order valence-corrected chi connectivity index (χ2v) is 8.98. The van der Waals surface area contributed by atoms with Gasteiger partial charge >= 0.3 is 15.6 Å². The summed E-state index contributed by atoms with van der Waals surface area (Å²) in [6.07, 6.45) is 10.9. The first-order valence-corrected chi connectivity index (χ1v) is 11.1. The Hall–Kier alpha value is -0.520. The highest BCUT2D eigenvalue weighted by Gasteiger charge is 2.31. The van der Waals surface area contributed by atoms with E-state index in [1.807, 2.05) is 6.92 Å². The van der Waals surface area contributed by atoms with Crippen molar-refractivity contribution in [3.63, 3.8) is 0 Å². The molecule has 0 rings (SSSR count). The predicted molar refractivity (Wildman–Crippen MR) is 98.9 cm³/mol. The highest BCUT2D eigenvalue weighted by atomic mass is 31.3. The van der Waals surface area contributed by atoms with Crippen molar-refractivity contribution in [2.45, 2.75) is 59.8 Å². The smallest absolute Gasteiger partial charge is 0.302 e. The average molecular weight is 396 g/mol. The van der Waals surface area contributed by atoms with E-state index in [4.69, 9.17) is 14.7 Å². The number of rotatable bonds is 12. The highest BCUT2D eigenvalue weighted by Crippen LogP contribution is 2.57. The van der Waals surface area contributed by atoms with E-state index in [1.54, 1.807) is 6.08 Å². The van der Waals surface area contributed by atoms with Crippen LogP contribution in [0.25, 0.3) is 0 Å². The molecule has 0 spiro atoms. The van der Waals surface area contributed by atoms with Crippen molar-refractivity contribution in [3.8, 4) is 0 Å². The van der Waals surface area contributed by atoms with E-state index in [2.05, 4.69) is 41.8 Å². The molecule has 146 valence electrons. The van der Waals surface area contributed by atoms with E-state index < -0.39 is 15.6 Å². The summed E-state index contributed by atoms with van der Waals surface area (Å²) in [7, 11) is -9.83. The summed E-state index contributed by atoms with van der Waals surface area (Å²) in [5, 5.41) is 0. The summed E-state index contributed by atoms with van der Waals surface area (Å²) in [5.41, 5.74) is 3.62. The van der Waals surface area contributed by atoms with E-state index >= 15 is 0 Å². The van der Waals surface area contributed by atoms with Crippen LogP contribution in [0.1, 0.15) is 59.8 Å². The van der Waals surface area contributed by atoms with Crippen molar-refractivity contribution in [2.24, 2.45) is 0 Å². The van der Waals surface area contributed by atoms with Crippen LogP contribution < -0.4 is 0 Å². The van der Waals surface area contributed by atoms with Gasteiger partial charge in [0.25, 0.3) is 0 Å². The fraction of sp³-hybridized carbons (Fsp3) is 0.625. The van der Waals surface area contributed by atoms with Gasteiger partial charge in [-0.15, -0.1) is 0 Å². The molecule has 9 heteroatoms. The third-order valence-electron chi connectivity index (χ3n) is 3.24. The molecule has 0 saturated carbocycles. The van der Waals surface area contributed by atoms with E-state index in [0.29, 0.717) is 0 Å². The lowest BCUT2D eigenvalue weighted by atomic mass is 10.1. The van der Waals surface area contributed by atoms with Gasteiger partial charge in [0.15, 0.2) is 0 Å². The van der Waals surface area contributed by atoms with Gasteiger partial charge in [-0.25, -0.2) is 9.13 Å². The number of phosphoric ester groups is 1. The Balaban J connectivity index is 4.12. The molecular weight excluding hydrogens is 366 g/mol. The zero-order valence-corrected chi connectivity index (χ0v) is 17.1. The van der Waals surface area contributed by atoms with Gasteiger partial charge in [-0.3, -0.25) is 4.52 Å². The number of phosphoric acid groups is 2. The Labute approximate surface area is 150 Å². The summed E-state index contributed by atoms with van der Waals surface area (Å²) in [4.78, 5) is 26.1. The quantitative estimate of drug-likeness (QED) is 0.241. The Morgan fingerprint density at radius 3 is 2.04 bits per heavy atom. The molecular formula is C16H30O7P2. The predicted octanol–water partition coefficient (Wildman–Crippen LogP) is 5.02. The second-order valence-electron chi connectivity index (χ2n) is 6.15. The number of hydrogen-bond donors (Lipinski definition) is 3. The van der Waals surface area contributed by atoms with Gasteiger partial charge in [0, 0.05) is 0 Å². The van der Waals surface area contributed by atoms with Gasteiger partial charge in [0.2, 0.25) is 0 Å². The molecule has 0 bridgehead atoms. The Morgan fingerprint density at radius 2 is 1.48 bits per heavy atom. The SMILES string of the molecule is CC(C)=CCCC/C(C)=C/CC/C(C)=C/COP(=O)(O)OP(=O)(O)O. The fourth-order valence-electron chi connectivity index (χ4n) is 1.95. The van der Waals surface area contributed by atoms with Crippen LogP contribution in [0.5, 0.6) is 0 Å². The van der Waals surface area contributed by atoms with Gasteiger partial charge in [-0.05, 0) is 59.8 Å². The summed E-state index contributed by atoms with van der Waals surface area (Å²) in [6, 6.07) is 0. The highest BCUT2D eigenvalue weighted by molar-refractivity contribution is 7.60. The topological polar surface area (TPSA) is 113 Å². The number of unbranched alkanes of at least 4 members (excludes halogenated alkanes) is 1. The zero-order valence-electron chi connectivity index (χ0n) is 15.3. The van der Waals surface area contributed by atoms with Crippen molar-refractivity contribution < 1.29 is 32.6 Å². The van der Waals surface area contributed by atoms with Gasteiger partial charge in [-0.1, -0.05) is 34.9 Å². The molecule has 1 unspecified atom stereocenters. The van der Waals surface area contributed by atoms with Crippen LogP contribution in [0, 0.1) is 0 Å². The van der Waals surface area contributed by atoms with Crippen LogP contribution in [-0.4, -0.2) is 21.3 Å². The Kier molecular flexibility index (Phi) is 11.7. The molecule has 0 heterocycles. The number of hydrogen-bond acceptors (Lipinski definition) is 4. The molecule has 3 N–H and O–H groups in total. The van der Waals surface area contributed by atoms with Gasteiger partial charge < -0.3 is 14.7 Å². The summed E-state index contributed by atoms with van der Waals surface area (Å²) in [5.74, 6) is 0. The molecule has 0 amide bonds. The molecule has 0 aromatic carbocycles. The summed E-state index contributed by atoms with van der Waals surface area (Å²) >= 11 is 0. The van der Waals surface area contributed by atoms with Gasteiger partial charge in [0.05, 0.1) is 6.61 Å². The zero-order chi connectivity index (χ0) is 19.5. The Morgan fingerprint density at radius 1 is 0.880 bits per heavy atom. The van der Waals surface area contributed by atoms with E-state index in [9.17, 15) is 9.13 Å². The van der Waals surface area contributed by atoms with Crippen LogP contribution in [0.2, 0.25) is 0 Å². The van der Waals surface area contributed by atoms with E-state index in [-0.39, 0.29) is 6.61 Å². The lowest BCUT2D eigenvalue weighted by molar-refractivity contribution is 0.191. The maximum absolute atomic E-state index is 11.3. The minimum absolute atomic E-state index is 0.259. The molecule has 0 saturated heterocycles. The van der Waals surface area contributed by atoms with Crippen molar-refractivity contribution in [1.29, 1.82) is 0 Å². The third kappa shape index (κ3) is 16.7. The maximum Gasteiger partial charge on any atom is 0.481 e. The first-order chi connectivity index (χ1) is 11.4. The van der Waals surface area contributed by atoms with Crippen LogP contribution in [0.15, 0.2) is 34.9 Å². The monoisotopic (exact) mass is 396 g/mol. The van der Waals surface area contributed by atoms with Crippen molar-refractivity contribution >= 4 is 15.6 Å². The van der Waals surface area contributed by atoms with E-state index in [1.165, 1.54) is 11.1 Å². The molecule has 0 aliphatic heterocycles. The van der Waals surface area contributed by atoms with Crippen molar-refractivity contribution in [2.75, 3.05) is 6.61 Å². The minimum atomic E-state index is -5.07. The molecule has 0 aliphatic rings. The standard InChI is InChI=1S/C16H30O7P2/c1-14(2)8-5-6-9-15(3)10-7-11-16(4)12-13-22-25(20,21)23-24(17,18)19/h8,10,12H,5-7,9,11,13H2,1-4H3,(H,20,21)(H2,17,18,19)/b15-10+,16-12+. The lowest BCUT2D eigenvalue weighted by Gasteiger charge is -2.11. The normalized spacial score (nSPS) is 15.8. The van der Waals surface area contributed by atoms with Crippen LogP contribution >= 0.6 is 15.6 Å². The van der Waals surface area contributed by atoms with Crippen LogP contribution in [0.3, 0.4) is 0 Å². The fourth-order valence-corrected chi connectivity index (χ4v) is 3.48. The van der Waals surface area contributed by atoms with Crippen LogP contribution in [0.4, 0.5) is 0 Å². The van der Waals surface area contributed by atoms with Gasteiger partial charge in [-0.2, -0.15) is 4.31 Å². The molecule has 0 fully saturated rings. The molecule has 0 aromatic rings. The van der Waals surface area contributed by atoms with Crippen LogP contribution in [-0.2, 0) is 18.0 Å². The second kappa shape index (κ2) is 12.0. The van der Waals surface area contributed by atoms with E-state index in [0.717, 1.165) is 37.7 Å². The average Bonchev–Trinajstić information content (AvgIpc) is 2.40. The van der Waals surface area contributed by atoms with Crippen molar-refractivity contribution in [3.05, 3.63) is 34.9 Å². The maximum atomic E-state index is 11.3. The first kappa shape index (κ1) is 24.5.